The zero-order valence-corrected chi connectivity index (χ0v) is 11.0. The van der Waals surface area contributed by atoms with Gasteiger partial charge in [-0.05, 0) is 38.6 Å². The molecule has 0 fully saturated rings. The van der Waals surface area contributed by atoms with Gasteiger partial charge < -0.3 is 14.7 Å². The third-order valence-corrected chi connectivity index (χ3v) is 2.65. The van der Waals surface area contributed by atoms with E-state index in [1.165, 1.54) is 0 Å². The van der Waals surface area contributed by atoms with Crippen molar-refractivity contribution < 1.29 is 9.84 Å². The Kier molecular flexibility index (Phi) is 6.01. The minimum Gasteiger partial charge on any atom is -0.491 e. The molecule has 0 bridgehead atoms. The van der Waals surface area contributed by atoms with Crippen LogP contribution in [-0.4, -0.2) is 42.9 Å². The Morgan fingerprint density at radius 2 is 2.06 bits per heavy atom. The van der Waals surface area contributed by atoms with Crippen LogP contribution in [0.25, 0.3) is 0 Å². The predicted octanol–water partition coefficient (Wildman–Crippen LogP) is 2.08. The van der Waals surface area contributed by atoms with Gasteiger partial charge in [-0.1, -0.05) is 25.1 Å². The van der Waals surface area contributed by atoms with Crippen LogP contribution in [0.4, 0.5) is 0 Å². The van der Waals surface area contributed by atoms with Gasteiger partial charge in [0.15, 0.2) is 0 Å². The van der Waals surface area contributed by atoms with E-state index >= 15 is 0 Å². The summed E-state index contributed by atoms with van der Waals surface area (Å²) in [5, 5.41) is 9.83. The summed E-state index contributed by atoms with van der Waals surface area (Å²) < 4.78 is 5.60. The molecule has 1 aromatic rings. The largest absolute Gasteiger partial charge is 0.491 e. The van der Waals surface area contributed by atoms with E-state index in [-0.39, 0.29) is 0 Å². The molecule has 0 saturated carbocycles. The van der Waals surface area contributed by atoms with Crippen molar-refractivity contribution in [1.82, 2.24) is 4.90 Å². The van der Waals surface area contributed by atoms with Gasteiger partial charge in [0.25, 0.3) is 0 Å². The third-order valence-electron chi connectivity index (χ3n) is 2.65. The van der Waals surface area contributed by atoms with Crippen LogP contribution in [0.1, 0.15) is 18.9 Å². The molecule has 1 rings (SSSR count). The van der Waals surface area contributed by atoms with Gasteiger partial charge in [0.2, 0.25) is 0 Å². The first-order valence-corrected chi connectivity index (χ1v) is 6.18. The normalized spacial score (nSPS) is 12.8. The van der Waals surface area contributed by atoms with Crippen molar-refractivity contribution in [3.05, 3.63) is 29.8 Å². The molecule has 1 unspecified atom stereocenters. The van der Waals surface area contributed by atoms with Gasteiger partial charge in [0, 0.05) is 6.54 Å². The number of rotatable bonds is 7. The van der Waals surface area contributed by atoms with Crippen LogP contribution in [-0.2, 0) is 0 Å². The van der Waals surface area contributed by atoms with Crippen molar-refractivity contribution in [3.8, 4) is 5.75 Å². The molecular formula is C14H23NO2. The lowest BCUT2D eigenvalue weighted by molar-refractivity contribution is 0.0762. The second kappa shape index (κ2) is 7.30. The fraction of sp³-hybridized carbons (Fsp3) is 0.571. The Morgan fingerprint density at radius 1 is 1.35 bits per heavy atom. The van der Waals surface area contributed by atoms with Crippen LogP contribution in [0.15, 0.2) is 24.3 Å². The lowest BCUT2D eigenvalue weighted by Crippen LogP contribution is -2.33. The number of hydrogen-bond donors (Lipinski definition) is 1. The van der Waals surface area contributed by atoms with E-state index < -0.39 is 6.10 Å². The molecule has 0 aromatic heterocycles. The monoisotopic (exact) mass is 237 g/mol. The van der Waals surface area contributed by atoms with Gasteiger partial charge in [-0.15, -0.1) is 0 Å². The lowest BCUT2D eigenvalue weighted by atomic mass is 10.2. The first kappa shape index (κ1) is 14.0. The third kappa shape index (κ3) is 5.20. The molecule has 0 amide bonds. The first-order chi connectivity index (χ1) is 8.13. The average molecular weight is 237 g/mol. The van der Waals surface area contributed by atoms with Crippen LogP contribution in [0, 0.1) is 6.92 Å². The van der Waals surface area contributed by atoms with Crippen LogP contribution >= 0.6 is 0 Å². The number of aryl methyl sites for hydroxylation is 1. The van der Waals surface area contributed by atoms with Gasteiger partial charge in [0.1, 0.15) is 18.5 Å². The summed E-state index contributed by atoms with van der Waals surface area (Å²) in [4.78, 5) is 2.12. The Hall–Kier alpha value is -1.06. The summed E-state index contributed by atoms with van der Waals surface area (Å²) in [7, 11) is 2.01. The Balaban J connectivity index is 2.33. The van der Waals surface area contributed by atoms with Gasteiger partial charge in [-0.2, -0.15) is 0 Å². The van der Waals surface area contributed by atoms with E-state index in [1.807, 2.05) is 38.2 Å². The van der Waals surface area contributed by atoms with E-state index in [9.17, 15) is 5.11 Å². The molecule has 0 aliphatic carbocycles. The standard InChI is InChI=1S/C14H23NO2/c1-4-9-15(3)10-13(16)11-17-14-8-6-5-7-12(14)2/h5-8,13,16H,4,9-11H2,1-3H3. The highest BCUT2D eigenvalue weighted by Gasteiger charge is 2.09. The van der Waals surface area contributed by atoms with Crippen molar-refractivity contribution >= 4 is 0 Å². The summed E-state index contributed by atoms with van der Waals surface area (Å²) in [5.41, 5.74) is 1.10. The number of likely N-dealkylation sites (N-methyl/N-ethyl adjacent to an activating group) is 1. The first-order valence-electron chi connectivity index (χ1n) is 6.18. The number of para-hydroxylation sites is 1. The lowest BCUT2D eigenvalue weighted by Gasteiger charge is -2.20. The van der Waals surface area contributed by atoms with E-state index in [1.54, 1.807) is 0 Å². The number of aliphatic hydroxyl groups is 1. The molecule has 3 nitrogen and oxygen atoms in total. The highest BCUT2D eigenvalue weighted by Crippen LogP contribution is 2.16. The summed E-state index contributed by atoms with van der Waals surface area (Å²) in [6.45, 7) is 6.14. The molecule has 1 atom stereocenters. The maximum atomic E-state index is 9.83. The molecule has 0 radical (unpaired) electrons. The van der Waals surface area contributed by atoms with Crippen LogP contribution in [0.5, 0.6) is 5.75 Å². The molecule has 3 heteroatoms. The Labute approximate surface area is 104 Å². The molecule has 96 valence electrons. The predicted molar refractivity (Wildman–Crippen MR) is 70.5 cm³/mol. The topological polar surface area (TPSA) is 32.7 Å². The molecule has 0 aliphatic rings. The van der Waals surface area contributed by atoms with E-state index in [0.29, 0.717) is 13.2 Å². The smallest absolute Gasteiger partial charge is 0.122 e. The van der Waals surface area contributed by atoms with Crippen LogP contribution in [0.3, 0.4) is 0 Å². The van der Waals surface area contributed by atoms with Gasteiger partial charge >= 0.3 is 0 Å². The highest BCUT2D eigenvalue weighted by atomic mass is 16.5. The SMILES string of the molecule is CCCN(C)CC(O)COc1ccccc1C. The fourth-order valence-electron chi connectivity index (χ4n) is 1.79. The molecule has 0 saturated heterocycles. The molecule has 1 N–H and O–H groups in total. The van der Waals surface area contributed by atoms with E-state index in [2.05, 4.69) is 11.8 Å². The zero-order chi connectivity index (χ0) is 12.7. The van der Waals surface area contributed by atoms with Crippen molar-refractivity contribution in [2.75, 3.05) is 26.7 Å². The number of hydrogen-bond acceptors (Lipinski definition) is 3. The summed E-state index contributed by atoms with van der Waals surface area (Å²) >= 11 is 0. The molecular weight excluding hydrogens is 214 g/mol. The fourth-order valence-corrected chi connectivity index (χ4v) is 1.79. The number of ether oxygens (including phenoxy) is 1. The quantitative estimate of drug-likeness (QED) is 0.788. The number of benzene rings is 1. The second-order valence-electron chi connectivity index (χ2n) is 4.49. The maximum Gasteiger partial charge on any atom is 0.122 e. The van der Waals surface area contributed by atoms with Gasteiger partial charge in [-0.25, -0.2) is 0 Å². The Morgan fingerprint density at radius 3 is 2.71 bits per heavy atom. The molecule has 0 spiro atoms. The van der Waals surface area contributed by atoms with Crippen molar-refractivity contribution in [3.63, 3.8) is 0 Å². The van der Waals surface area contributed by atoms with Crippen molar-refractivity contribution in [2.45, 2.75) is 26.4 Å². The summed E-state index contributed by atoms with van der Waals surface area (Å²) in [5.74, 6) is 0.852. The molecule has 17 heavy (non-hydrogen) atoms. The second-order valence-corrected chi connectivity index (χ2v) is 4.49. The average Bonchev–Trinajstić information content (AvgIpc) is 2.28. The zero-order valence-electron chi connectivity index (χ0n) is 11.0. The Bertz CT molecular complexity index is 328. The van der Waals surface area contributed by atoms with E-state index in [0.717, 1.165) is 24.3 Å². The number of aliphatic hydroxyl groups excluding tert-OH is 1. The van der Waals surface area contributed by atoms with Crippen molar-refractivity contribution in [2.24, 2.45) is 0 Å². The van der Waals surface area contributed by atoms with Crippen molar-refractivity contribution in [1.29, 1.82) is 0 Å². The van der Waals surface area contributed by atoms with E-state index in [4.69, 9.17) is 4.74 Å². The highest BCUT2D eigenvalue weighted by molar-refractivity contribution is 5.31. The minimum absolute atomic E-state index is 0.346. The van der Waals surface area contributed by atoms with Crippen LogP contribution in [0.2, 0.25) is 0 Å². The molecule has 0 heterocycles. The van der Waals surface area contributed by atoms with Crippen LogP contribution < -0.4 is 4.74 Å². The summed E-state index contributed by atoms with van der Waals surface area (Å²) in [6.07, 6.45) is 0.660. The maximum absolute atomic E-state index is 9.83. The van der Waals surface area contributed by atoms with Gasteiger partial charge in [-0.3, -0.25) is 0 Å². The minimum atomic E-state index is -0.439. The number of nitrogens with zero attached hydrogens (tertiary/aromatic N) is 1. The molecule has 1 aromatic carbocycles. The van der Waals surface area contributed by atoms with Gasteiger partial charge in [0.05, 0.1) is 0 Å². The summed E-state index contributed by atoms with van der Waals surface area (Å²) in [6, 6.07) is 7.86. The molecule has 0 aliphatic heterocycles.